The smallest absolute Gasteiger partial charge is 0.127 e. The third-order valence-corrected chi connectivity index (χ3v) is 3.64. The van der Waals surface area contributed by atoms with Crippen molar-refractivity contribution in [2.45, 2.75) is 12.8 Å². The van der Waals surface area contributed by atoms with Gasteiger partial charge in [-0.2, -0.15) is 0 Å². The molecule has 0 aromatic heterocycles. The minimum absolute atomic E-state index is 0.719. The molecule has 2 aromatic carbocycles. The highest BCUT2D eigenvalue weighted by Gasteiger charge is 2.19. The van der Waals surface area contributed by atoms with Gasteiger partial charge in [0.25, 0.3) is 0 Å². The first-order valence-corrected chi connectivity index (χ1v) is 7.41. The summed E-state index contributed by atoms with van der Waals surface area (Å²) in [5.74, 6) is 1.89. The summed E-state index contributed by atoms with van der Waals surface area (Å²) in [6.45, 7) is 2.78. The number of ether oxygens (including phenoxy) is 1. The average molecular weight is 267 g/mol. The van der Waals surface area contributed by atoms with Crippen molar-refractivity contribution in [3.05, 3.63) is 54.6 Å². The van der Waals surface area contributed by atoms with E-state index < -0.39 is 0 Å². The Morgan fingerprint density at radius 3 is 2.50 bits per heavy atom. The van der Waals surface area contributed by atoms with Crippen LogP contribution in [0.2, 0.25) is 0 Å². The van der Waals surface area contributed by atoms with Gasteiger partial charge in [0.2, 0.25) is 0 Å². The SMILES string of the molecule is c1ccc(-c2ccccc2OCCNCC2CC2)cc1. The molecule has 0 spiro atoms. The van der Waals surface area contributed by atoms with E-state index in [2.05, 4.69) is 41.7 Å². The lowest BCUT2D eigenvalue weighted by molar-refractivity contribution is 0.314. The highest BCUT2D eigenvalue weighted by molar-refractivity contribution is 5.70. The molecule has 0 bridgehead atoms. The van der Waals surface area contributed by atoms with Gasteiger partial charge in [0.1, 0.15) is 12.4 Å². The molecular weight excluding hydrogens is 246 g/mol. The van der Waals surface area contributed by atoms with E-state index in [1.807, 2.05) is 18.2 Å². The third kappa shape index (κ3) is 3.61. The topological polar surface area (TPSA) is 21.3 Å². The molecule has 0 radical (unpaired) electrons. The Labute approximate surface area is 120 Å². The Bertz CT molecular complexity index is 534. The van der Waals surface area contributed by atoms with Gasteiger partial charge in [-0.25, -0.2) is 0 Å². The lowest BCUT2D eigenvalue weighted by Crippen LogP contribution is -2.23. The third-order valence-electron chi connectivity index (χ3n) is 3.64. The van der Waals surface area contributed by atoms with Crippen molar-refractivity contribution in [1.29, 1.82) is 0 Å². The summed E-state index contributed by atoms with van der Waals surface area (Å²) in [5.41, 5.74) is 2.37. The fourth-order valence-corrected chi connectivity index (χ4v) is 2.31. The molecule has 104 valence electrons. The van der Waals surface area contributed by atoms with Crippen molar-refractivity contribution in [2.75, 3.05) is 19.7 Å². The summed E-state index contributed by atoms with van der Waals surface area (Å²) in [7, 11) is 0. The van der Waals surface area contributed by atoms with Crippen LogP contribution in [-0.2, 0) is 0 Å². The molecule has 20 heavy (non-hydrogen) atoms. The number of para-hydroxylation sites is 1. The second-order valence-corrected chi connectivity index (χ2v) is 5.36. The molecule has 2 heteroatoms. The quantitative estimate of drug-likeness (QED) is 0.772. The fourth-order valence-electron chi connectivity index (χ4n) is 2.31. The van der Waals surface area contributed by atoms with Gasteiger partial charge in [0.05, 0.1) is 0 Å². The van der Waals surface area contributed by atoms with Gasteiger partial charge in [0.15, 0.2) is 0 Å². The van der Waals surface area contributed by atoms with Crippen molar-refractivity contribution >= 4 is 0 Å². The molecule has 1 aliphatic rings. The van der Waals surface area contributed by atoms with E-state index in [0.29, 0.717) is 0 Å². The number of hydrogen-bond acceptors (Lipinski definition) is 2. The highest BCUT2D eigenvalue weighted by Crippen LogP contribution is 2.29. The first kappa shape index (κ1) is 13.2. The summed E-state index contributed by atoms with van der Waals surface area (Å²) >= 11 is 0. The Hall–Kier alpha value is -1.80. The van der Waals surface area contributed by atoms with Gasteiger partial charge in [-0.15, -0.1) is 0 Å². The Kier molecular flexibility index (Phi) is 4.34. The van der Waals surface area contributed by atoms with Gasteiger partial charge in [-0.1, -0.05) is 48.5 Å². The number of nitrogens with one attached hydrogen (secondary N) is 1. The van der Waals surface area contributed by atoms with E-state index in [1.165, 1.54) is 18.4 Å². The monoisotopic (exact) mass is 267 g/mol. The molecule has 0 saturated heterocycles. The summed E-state index contributed by atoms with van der Waals surface area (Å²) in [6.07, 6.45) is 2.79. The number of hydrogen-bond donors (Lipinski definition) is 1. The second-order valence-electron chi connectivity index (χ2n) is 5.36. The molecule has 1 N–H and O–H groups in total. The van der Waals surface area contributed by atoms with Crippen LogP contribution < -0.4 is 10.1 Å². The van der Waals surface area contributed by atoms with Crippen LogP contribution in [0.1, 0.15) is 12.8 Å². The minimum atomic E-state index is 0.719. The zero-order valence-electron chi connectivity index (χ0n) is 11.7. The minimum Gasteiger partial charge on any atom is -0.492 e. The standard InChI is InChI=1S/C18H21NO/c1-2-6-16(7-3-1)17-8-4-5-9-18(17)20-13-12-19-14-15-10-11-15/h1-9,15,19H,10-14H2. The van der Waals surface area contributed by atoms with E-state index in [9.17, 15) is 0 Å². The molecule has 1 aliphatic carbocycles. The fraction of sp³-hybridized carbons (Fsp3) is 0.333. The highest BCUT2D eigenvalue weighted by atomic mass is 16.5. The average Bonchev–Trinajstić information content (AvgIpc) is 3.32. The van der Waals surface area contributed by atoms with Gasteiger partial charge in [-0.3, -0.25) is 0 Å². The Morgan fingerprint density at radius 1 is 0.950 bits per heavy atom. The molecule has 1 fully saturated rings. The van der Waals surface area contributed by atoms with E-state index in [0.717, 1.165) is 36.9 Å². The van der Waals surface area contributed by atoms with Crippen LogP contribution in [0.25, 0.3) is 11.1 Å². The predicted octanol–water partition coefficient (Wildman–Crippen LogP) is 3.73. The van der Waals surface area contributed by atoms with Crippen LogP contribution in [0.5, 0.6) is 5.75 Å². The molecule has 0 heterocycles. The van der Waals surface area contributed by atoms with Crippen molar-refractivity contribution in [3.63, 3.8) is 0 Å². The first-order chi connectivity index (χ1) is 9.93. The zero-order chi connectivity index (χ0) is 13.6. The Balaban J connectivity index is 1.58. The molecule has 3 rings (SSSR count). The van der Waals surface area contributed by atoms with Gasteiger partial charge < -0.3 is 10.1 Å². The van der Waals surface area contributed by atoms with Crippen molar-refractivity contribution < 1.29 is 4.74 Å². The van der Waals surface area contributed by atoms with E-state index >= 15 is 0 Å². The van der Waals surface area contributed by atoms with E-state index in [1.54, 1.807) is 0 Å². The molecule has 2 nitrogen and oxygen atoms in total. The maximum Gasteiger partial charge on any atom is 0.127 e. The lowest BCUT2D eigenvalue weighted by Gasteiger charge is -2.12. The second kappa shape index (κ2) is 6.58. The first-order valence-electron chi connectivity index (χ1n) is 7.41. The maximum absolute atomic E-state index is 5.93. The lowest BCUT2D eigenvalue weighted by atomic mass is 10.1. The van der Waals surface area contributed by atoms with Gasteiger partial charge in [0, 0.05) is 12.1 Å². The maximum atomic E-state index is 5.93. The Morgan fingerprint density at radius 2 is 1.70 bits per heavy atom. The van der Waals surface area contributed by atoms with Crippen LogP contribution in [0.3, 0.4) is 0 Å². The molecule has 0 amide bonds. The largest absolute Gasteiger partial charge is 0.492 e. The zero-order valence-corrected chi connectivity index (χ0v) is 11.7. The molecule has 0 unspecified atom stereocenters. The van der Waals surface area contributed by atoms with Crippen molar-refractivity contribution in [3.8, 4) is 16.9 Å². The summed E-state index contributed by atoms with van der Waals surface area (Å²) in [5, 5.41) is 3.45. The summed E-state index contributed by atoms with van der Waals surface area (Å²) < 4.78 is 5.93. The molecule has 0 aliphatic heterocycles. The van der Waals surface area contributed by atoms with Gasteiger partial charge in [-0.05, 0) is 36.9 Å². The van der Waals surface area contributed by atoms with Crippen LogP contribution in [0.15, 0.2) is 54.6 Å². The molecule has 2 aromatic rings. The van der Waals surface area contributed by atoms with Crippen molar-refractivity contribution in [1.82, 2.24) is 5.32 Å². The van der Waals surface area contributed by atoms with Crippen LogP contribution >= 0.6 is 0 Å². The molecule has 1 saturated carbocycles. The van der Waals surface area contributed by atoms with Gasteiger partial charge >= 0.3 is 0 Å². The summed E-state index contributed by atoms with van der Waals surface area (Å²) in [4.78, 5) is 0. The van der Waals surface area contributed by atoms with E-state index in [4.69, 9.17) is 4.74 Å². The van der Waals surface area contributed by atoms with Crippen LogP contribution in [0, 0.1) is 5.92 Å². The van der Waals surface area contributed by atoms with Crippen LogP contribution in [0.4, 0.5) is 0 Å². The van der Waals surface area contributed by atoms with E-state index in [-0.39, 0.29) is 0 Å². The normalized spacial score (nSPS) is 14.2. The molecule has 0 atom stereocenters. The van der Waals surface area contributed by atoms with Crippen LogP contribution in [-0.4, -0.2) is 19.7 Å². The summed E-state index contributed by atoms with van der Waals surface area (Å²) in [6, 6.07) is 18.6. The number of rotatable bonds is 7. The predicted molar refractivity (Wildman–Crippen MR) is 83.0 cm³/mol. The molecular formula is C18H21NO. The van der Waals surface area contributed by atoms with Crippen molar-refractivity contribution in [2.24, 2.45) is 5.92 Å². The number of benzene rings is 2.